The third kappa shape index (κ3) is 3.48. The van der Waals surface area contributed by atoms with Gasteiger partial charge in [0.05, 0.1) is 0 Å². The van der Waals surface area contributed by atoms with E-state index in [1.807, 2.05) is 6.92 Å². The average Bonchev–Trinajstić information content (AvgIpc) is 3.14. The Morgan fingerprint density at radius 1 is 1.22 bits per heavy atom. The van der Waals surface area contributed by atoms with Crippen molar-refractivity contribution >= 4 is 17.6 Å². The third-order valence-corrected chi connectivity index (χ3v) is 2.65. The summed E-state index contributed by atoms with van der Waals surface area (Å²) in [5, 5.41) is 8.28. The molecule has 1 aliphatic rings. The van der Waals surface area contributed by atoms with Gasteiger partial charge in [-0.3, -0.25) is 4.79 Å². The highest BCUT2D eigenvalue weighted by Gasteiger charge is 2.23. The van der Waals surface area contributed by atoms with Crippen LogP contribution in [0.25, 0.3) is 0 Å². The van der Waals surface area contributed by atoms with Gasteiger partial charge in [0.25, 0.3) is 5.91 Å². The fourth-order valence-corrected chi connectivity index (χ4v) is 1.55. The molecule has 96 valence electrons. The monoisotopic (exact) mass is 247 g/mol. The van der Waals surface area contributed by atoms with Crippen LogP contribution in [-0.4, -0.2) is 24.5 Å². The van der Waals surface area contributed by atoms with Gasteiger partial charge in [0.1, 0.15) is 0 Å². The van der Waals surface area contributed by atoms with Crippen LogP contribution in [0.4, 0.5) is 10.5 Å². The molecule has 0 heterocycles. The van der Waals surface area contributed by atoms with Gasteiger partial charge < -0.3 is 16.0 Å². The van der Waals surface area contributed by atoms with Crippen LogP contribution in [0.1, 0.15) is 30.1 Å². The van der Waals surface area contributed by atoms with Crippen LogP contribution in [0.15, 0.2) is 24.3 Å². The Labute approximate surface area is 106 Å². The number of carbonyl (C=O) groups is 2. The molecule has 0 unspecified atom stereocenters. The van der Waals surface area contributed by atoms with Crippen LogP contribution >= 0.6 is 0 Å². The molecule has 0 aromatic heterocycles. The van der Waals surface area contributed by atoms with Gasteiger partial charge in [0.2, 0.25) is 0 Å². The molecule has 1 aromatic rings. The lowest BCUT2D eigenvalue weighted by atomic mass is 10.2. The second-order valence-corrected chi connectivity index (χ2v) is 4.31. The molecule has 3 N–H and O–H groups in total. The number of hydrogen-bond donors (Lipinski definition) is 3. The molecule has 0 aliphatic heterocycles. The normalized spacial score (nSPS) is 13.8. The van der Waals surface area contributed by atoms with Crippen molar-refractivity contribution in [2.45, 2.75) is 25.8 Å². The second kappa shape index (κ2) is 5.53. The molecule has 0 bridgehead atoms. The highest BCUT2D eigenvalue weighted by atomic mass is 16.2. The minimum Gasteiger partial charge on any atom is -0.352 e. The fourth-order valence-electron chi connectivity index (χ4n) is 1.55. The van der Waals surface area contributed by atoms with E-state index in [4.69, 9.17) is 0 Å². The third-order valence-electron chi connectivity index (χ3n) is 2.65. The minimum absolute atomic E-state index is 0.105. The maximum Gasteiger partial charge on any atom is 0.319 e. The molecule has 2 rings (SSSR count). The highest BCUT2D eigenvalue weighted by molar-refractivity contribution is 5.95. The fraction of sp³-hybridized carbons (Fsp3) is 0.385. The topological polar surface area (TPSA) is 70.2 Å². The molecule has 5 nitrogen and oxygen atoms in total. The van der Waals surface area contributed by atoms with Crippen LogP contribution in [0.2, 0.25) is 0 Å². The first-order valence-corrected chi connectivity index (χ1v) is 6.15. The maximum atomic E-state index is 11.5. The van der Waals surface area contributed by atoms with Crippen molar-refractivity contribution in [3.05, 3.63) is 29.8 Å². The summed E-state index contributed by atoms with van der Waals surface area (Å²) in [5.74, 6) is -0.105. The minimum atomic E-state index is -0.191. The molecule has 3 amide bonds. The lowest BCUT2D eigenvalue weighted by Crippen LogP contribution is -2.30. The van der Waals surface area contributed by atoms with Crippen molar-refractivity contribution in [3.8, 4) is 0 Å². The van der Waals surface area contributed by atoms with Gasteiger partial charge in [-0.05, 0) is 44.0 Å². The van der Waals surface area contributed by atoms with E-state index < -0.39 is 0 Å². The van der Waals surface area contributed by atoms with Crippen molar-refractivity contribution in [2.75, 3.05) is 11.9 Å². The summed E-state index contributed by atoms with van der Waals surface area (Å²) in [7, 11) is 0. The van der Waals surface area contributed by atoms with E-state index in [0.29, 0.717) is 23.8 Å². The molecule has 1 aliphatic carbocycles. The molecule has 1 aromatic carbocycles. The number of carbonyl (C=O) groups excluding carboxylic acids is 2. The van der Waals surface area contributed by atoms with E-state index in [9.17, 15) is 9.59 Å². The number of nitrogens with one attached hydrogen (secondary N) is 3. The summed E-state index contributed by atoms with van der Waals surface area (Å²) in [4.78, 5) is 23.0. The zero-order valence-corrected chi connectivity index (χ0v) is 10.3. The summed E-state index contributed by atoms with van der Waals surface area (Å²) in [6.45, 7) is 2.47. The first-order valence-electron chi connectivity index (χ1n) is 6.15. The van der Waals surface area contributed by atoms with E-state index in [1.165, 1.54) is 0 Å². The van der Waals surface area contributed by atoms with Crippen LogP contribution in [-0.2, 0) is 0 Å². The maximum absolute atomic E-state index is 11.5. The predicted molar refractivity (Wildman–Crippen MR) is 69.6 cm³/mol. The smallest absolute Gasteiger partial charge is 0.319 e. The van der Waals surface area contributed by atoms with Gasteiger partial charge in [-0.1, -0.05) is 0 Å². The van der Waals surface area contributed by atoms with E-state index >= 15 is 0 Å². The Hall–Kier alpha value is -2.04. The SMILES string of the molecule is CCNC(=O)c1ccc(NC(=O)NC2CC2)cc1. The summed E-state index contributed by atoms with van der Waals surface area (Å²) < 4.78 is 0. The number of rotatable bonds is 4. The molecule has 0 radical (unpaired) electrons. The first-order chi connectivity index (χ1) is 8.69. The summed E-state index contributed by atoms with van der Waals surface area (Å²) in [6, 6.07) is 6.96. The van der Waals surface area contributed by atoms with Gasteiger partial charge >= 0.3 is 6.03 Å². The lowest BCUT2D eigenvalue weighted by Gasteiger charge is -2.07. The molecule has 0 saturated heterocycles. The first kappa shape index (κ1) is 12.4. The highest BCUT2D eigenvalue weighted by Crippen LogP contribution is 2.18. The van der Waals surface area contributed by atoms with E-state index in [0.717, 1.165) is 12.8 Å². The molecule has 5 heteroatoms. The van der Waals surface area contributed by atoms with Gasteiger partial charge in [0, 0.05) is 23.8 Å². The summed E-state index contributed by atoms with van der Waals surface area (Å²) in [6.07, 6.45) is 2.12. The number of anilines is 1. The van der Waals surface area contributed by atoms with Crippen molar-refractivity contribution in [2.24, 2.45) is 0 Å². The molecular formula is C13H17N3O2. The Kier molecular flexibility index (Phi) is 3.82. The number of urea groups is 1. The number of benzene rings is 1. The molecule has 18 heavy (non-hydrogen) atoms. The van der Waals surface area contributed by atoms with Crippen LogP contribution < -0.4 is 16.0 Å². The quantitative estimate of drug-likeness (QED) is 0.758. The summed E-state index contributed by atoms with van der Waals surface area (Å²) in [5.41, 5.74) is 1.27. The zero-order valence-electron chi connectivity index (χ0n) is 10.3. The predicted octanol–water partition coefficient (Wildman–Crippen LogP) is 1.72. The number of hydrogen-bond acceptors (Lipinski definition) is 2. The van der Waals surface area contributed by atoms with Crippen molar-refractivity contribution in [1.29, 1.82) is 0 Å². The standard InChI is InChI=1S/C13H17N3O2/c1-2-14-12(17)9-3-5-10(6-4-9)15-13(18)16-11-7-8-11/h3-6,11H,2,7-8H2,1H3,(H,14,17)(H2,15,16,18). The molecular weight excluding hydrogens is 230 g/mol. The molecule has 0 spiro atoms. The van der Waals surface area contributed by atoms with Crippen molar-refractivity contribution in [1.82, 2.24) is 10.6 Å². The van der Waals surface area contributed by atoms with Gasteiger partial charge in [-0.15, -0.1) is 0 Å². The Bertz CT molecular complexity index is 438. The van der Waals surface area contributed by atoms with Crippen molar-refractivity contribution in [3.63, 3.8) is 0 Å². The second-order valence-electron chi connectivity index (χ2n) is 4.31. The largest absolute Gasteiger partial charge is 0.352 e. The van der Waals surface area contributed by atoms with Gasteiger partial charge in [-0.25, -0.2) is 4.79 Å². The van der Waals surface area contributed by atoms with Crippen LogP contribution in [0, 0.1) is 0 Å². The Balaban J connectivity index is 1.90. The lowest BCUT2D eigenvalue weighted by molar-refractivity contribution is 0.0956. The van der Waals surface area contributed by atoms with E-state index in [-0.39, 0.29) is 11.9 Å². The summed E-state index contributed by atoms with van der Waals surface area (Å²) >= 11 is 0. The Morgan fingerprint density at radius 3 is 2.44 bits per heavy atom. The van der Waals surface area contributed by atoms with E-state index in [2.05, 4.69) is 16.0 Å². The molecule has 0 atom stereocenters. The van der Waals surface area contributed by atoms with Crippen molar-refractivity contribution < 1.29 is 9.59 Å². The Morgan fingerprint density at radius 2 is 1.89 bits per heavy atom. The average molecular weight is 247 g/mol. The number of amides is 3. The molecule has 1 saturated carbocycles. The molecule has 1 fully saturated rings. The van der Waals surface area contributed by atoms with Crippen LogP contribution in [0.3, 0.4) is 0 Å². The van der Waals surface area contributed by atoms with Crippen LogP contribution in [0.5, 0.6) is 0 Å². The van der Waals surface area contributed by atoms with Gasteiger partial charge in [-0.2, -0.15) is 0 Å². The van der Waals surface area contributed by atoms with Gasteiger partial charge in [0.15, 0.2) is 0 Å². The zero-order chi connectivity index (χ0) is 13.0. The van der Waals surface area contributed by atoms with E-state index in [1.54, 1.807) is 24.3 Å².